The van der Waals surface area contributed by atoms with Crippen molar-refractivity contribution in [3.8, 4) is 0 Å². The SMILES string of the molecule is O.O=C(O)C(=O)O.[Tm]. The monoisotopic (exact) mass is 277 g/mol. The fraction of sp³-hybridized carbons (Fsp3) is 0. The molecule has 0 atom stereocenters. The third kappa shape index (κ3) is 9.46. The van der Waals surface area contributed by atoms with Gasteiger partial charge >= 0.3 is 11.9 Å². The van der Waals surface area contributed by atoms with Crippen LogP contribution in [0.15, 0.2) is 0 Å². The smallest absolute Gasteiger partial charge is 0.414 e. The molecule has 0 fully saturated rings. The summed E-state index contributed by atoms with van der Waals surface area (Å²) in [6.45, 7) is 0. The molecule has 0 spiro atoms. The van der Waals surface area contributed by atoms with E-state index in [1.54, 1.807) is 0 Å². The molecule has 0 aromatic heterocycles. The summed E-state index contributed by atoms with van der Waals surface area (Å²) in [6.07, 6.45) is 0. The summed E-state index contributed by atoms with van der Waals surface area (Å²) in [5, 5.41) is 14.8. The molecule has 8 heavy (non-hydrogen) atoms. The Morgan fingerprint density at radius 3 is 1.12 bits per heavy atom. The van der Waals surface area contributed by atoms with E-state index in [2.05, 4.69) is 0 Å². The van der Waals surface area contributed by atoms with Crippen molar-refractivity contribution in [3.63, 3.8) is 0 Å². The van der Waals surface area contributed by atoms with Crippen LogP contribution >= 0.6 is 0 Å². The number of carboxylic acids is 2. The molecule has 0 aliphatic carbocycles. The molecule has 0 aliphatic rings. The van der Waals surface area contributed by atoms with Gasteiger partial charge in [-0.1, -0.05) is 0 Å². The summed E-state index contributed by atoms with van der Waals surface area (Å²) in [5.41, 5.74) is 0. The molecular weight excluding hydrogens is 273 g/mol. The number of hydrogen-bond donors (Lipinski definition) is 2. The first kappa shape index (κ1) is 15.7. The van der Waals surface area contributed by atoms with Crippen LogP contribution < -0.4 is 0 Å². The number of carboxylic acid groups (broad SMARTS) is 2. The molecule has 6 heteroatoms. The normalized spacial score (nSPS) is 5.50. The van der Waals surface area contributed by atoms with Gasteiger partial charge in [-0.25, -0.2) is 9.59 Å². The summed E-state index contributed by atoms with van der Waals surface area (Å²) in [5.74, 6) is -3.65. The standard InChI is InChI=1S/C2H2O4.H2O.Tm/c3-1(4)2(5)6;;/h(H,3,4)(H,5,6);1H2;. The molecular formula is C2H4O5Tm. The Morgan fingerprint density at radius 1 is 1.00 bits per heavy atom. The first-order valence-electron chi connectivity index (χ1n) is 1.11. The van der Waals surface area contributed by atoms with Crippen LogP contribution in [0.4, 0.5) is 0 Å². The summed E-state index contributed by atoms with van der Waals surface area (Å²) in [6, 6.07) is 0. The Bertz CT molecular complexity index is 76.4. The van der Waals surface area contributed by atoms with Gasteiger partial charge in [-0.3, -0.25) is 0 Å². The quantitative estimate of drug-likeness (QED) is 0.516. The van der Waals surface area contributed by atoms with Crippen molar-refractivity contribution in [1.82, 2.24) is 0 Å². The second kappa shape index (κ2) is 7.13. The Balaban J connectivity index is -0.000000125. The largest absolute Gasteiger partial charge is 0.473 e. The van der Waals surface area contributed by atoms with Crippen LogP contribution in [0.25, 0.3) is 0 Å². The Kier molecular flexibility index (Phi) is 14.0. The summed E-state index contributed by atoms with van der Waals surface area (Å²) < 4.78 is 0. The van der Waals surface area contributed by atoms with Crippen LogP contribution in [0.2, 0.25) is 0 Å². The Labute approximate surface area is 73.8 Å². The molecule has 0 amide bonds. The topological polar surface area (TPSA) is 106 Å². The van der Waals surface area contributed by atoms with Gasteiger partial charge < -0.3 is 15.7 Å². The zero-order valence-electron chi connectivity index (χ0n) is 3.49. The van der Waals surface area contributed by atoms with Crippen LogP contribution in [0.1, 0.15) is 0 Å². The molecule has 55 valence electrons. The average molecular weight is 277 g/mol. The molecule has 0 heterocycles. The maximum absolute atomic E-state index is 9.10. The van der Waals surface area contributed by atoms with E-state index >= 15 is 0 Å². The third-order valence-electron chi connectivity index (χ3n) is 0.183. The number of hydrogen-bond acceptors (Lipinski definition) is 2. The van der Waals surface area contributed by atoms with E-state index in [0.717, 1.165) is 0 Å². The van der Waals surface area contributed by atoms with Crippen molar-refractivity contribution >= 4 is 11.9 Å². The van der Waals surface area contributed by atoms with Crippen molar-refractivity contribution in [1.29, 1.82) is 0 Å². The predicted octanol–water partition coefficient (Wildman–Crippen LogP) is -1.67. The van der Waals surface area contributed by atoms with Gasteiger partial charge in [-0.2, -0.15) is 0 Å². The van der Waals surface area contributed by atoms with E-state index in [4.69, 9.17) is 19.8 Å². The maximum Gasteiger partial charge on any atom is 0.414 e. The number of rotatable bonds is 0. The van der Waals surface area contributed by atoms with Gasteiger partial charge in [-0.05, 0) is 0 Å². The third-order valence-corrected chi connectivity index (χ3v) is 0.183. The van der Waals surface area contributed by atoms with Gasteiger partial charge in [-0.15, -0.1) is 0 Å². The minimum absolute atomic E-state index is 0. The van der Waals surface area contributed by atoms with Crippen LogP contribution in [-0.2, 0) is 9.59 Å². The fourth-order valence-corrected chi connectivity index (χ4v) is 0. The summed E-state index contributed by atoms with van der Waals surface area (Å²) in [7, 11) is 0. The summed E-state index contributed by atoms with van der Waals surface area (Å²) >= 11 is 0. The van der Waals surface area contributed by atoms with Gasteiger partial charge in [0.1, 0.15) is 0 Å². The van der Waals surface area contributed by atoms with E-state index in [9.17, 15) is 0 Å². The second-order valence-corrected chi connectivity index (χ2v) is 0.610. The molecule has 0 aromatic rings. The van der Waals surface area contributed by atoms with Crippen molar-refractivity contribution in [2.75, 3.05) is 0 Å². The minimum atomic E-state index is -1.82. The van der Waals surface area contributed by atoms with Crippen molar-refractivity contribution < 1.29 is 62.2 Å². The minimum Gasteiger partial charge on any atom is -0.473 e. The van der Waals surface area contributed by atoms with E-state index < -0.39 is 11.9 Å². The zero-order chi connectivity index (χ0) is 5.15. The van der Waals surface area contributed by atoms with E-state index in [1.165, 1.54) is 0 Å². The van der Waals surface area contributed by atoms with E-state index in [1.807, 2.05) is 0 Å². The molecule has 5 nitrogen and oxygen atoms in total. The zero-order valence-corrected chi connectivity index (χ0v) is 5.27. The van der Waals surface area contributed by atoms with E-state index in [0.29, 0.717) is 0 Å². The van der Waals surface area contributed by atoms with Crippen LogP contribution in [0.5, 0.6) is 0 Å². The molecule has 0 aliphatic heterocycles. The first-order chi connectivity index (χ1) is 2.64. The maximum atomic E-state index is 9.10. The van der Waals surface area contributed by atoms with Gasteiger partial charge in [0, 0.05) is 36.9 Å². The molecule has 0 rings (SSSR count). The molecule has 0 saturated heterocycles. The van der Waals surface area contributed by atoms with E-state index in [-0.39, 0.29) is 42.4 Å². The first-order valence-corrected chi connectivity index (χ1v) is 1.11. The van der Waals surface area contributed by atoms with Gasteiger partial charge in [0.05, 0.1) is 0 Å². The van der Waals surface area contributed by atoms with Crippen LogP contribution in [-0.4, -0.2) is 27.6 Å². The molecule has 0 bridgehead atoms. The molecule has 0 unspecified atom stereocenters. The molecule has 0 saturated carbocycles. The number of carbonyl (C=O) groups is 2. The Hall–Kier alpha value is 0.134. The van der Waals surface area contributed by atoms with Crippen LogP contribution in [0.3, 0.4) is 0 Å². The van der Waals surface area contributed by atoms with Gasteiger partial charge in [0.15, 0.2) is 0 Å². The molecule has 1 radical (unpaired) electrons. The predicted molar refractivity (Wildman–Crippen MR) is 18.9 cm³/mol. The van der Waals surface area contributed by atoms with Gasteiger partial charge in [0.2, 0.25) is 0 Å². The number of aliphatic carboxylic acids is 2. The van der Waals surface area contributed by atoms with Crippen molar-refractivity contribution in [3.05, 3.63) is 0 Å². The Morgan fingerprint density at radius 2 is 1.12 bits per heavy atom. The van der Waals surface area contributed by atoms with Crippen molar-refractivity contribution in [2.24, 2.45) is 0 Å². The fourth-order valence-electron chi connectivity index (χ4n) is 0. The summed E-state index contributed by atoms with van der Waals surface area (Å²) in [4.78, 5) is 18.2. The van der Waals surface area contributed by atoms with Crippen molar-refractivity contribution in [2.45, 2.75) is 0 Å². The molecule has 4 N–H and O–H groups in total. The molecule has 0 aromatic carbocycles. The average Bonchev–Trinajstić information content (AvgIpc) is 1.36. The second-order valence-electron chi connectivity index (χ2n) is 0.610. The van der Waals surface area contributed by atoms with Crippen LogP contribution in [0, 0.1) is 36.9 Å². The van der Waals surface area contributed by atoms with Gasteiger partial charge in [0.25, 0.3) is 0 Å².